The van der Waals surface area contributed by atoms with E-state index in [0.717, 1.165) is 5.57 Å². The van der Waals surface area contributed by atoms with Gasteiger partial charge < -0.3 is 9.84 Å². The number of hydrogen-bond acceptors (Lipinski definition) is 4. The van der Waals surface area contributed by atoms with E-state index in [1.807, 2.05) is 6.92 Å². The van der Waals surface area contributed by atoms with E-state index in [4.69, 9.17) is 4.74 Å². The molecule has 7 unspecified atom stereocenters. The molecule has 0 spiro atoms. The van der Waals surface area contributed by atoms with Crippen LogP contribution in [-0.2, 0) is 14.3 Å². The van der Waals surface area contributed by atoms with Crippen molar-refractivity contribution < 1.29 is 19.4 Å². The van der Waals surface area contributed by atoms with Crippen molar-refractivity contribution in [3.63, 3.8) is 0 Å². The number of ketones is 1. The van der Waals surface area contributed by atoms with Crippen molar-refractivity contribution in [2.75, 3.05) is 0 Å². The molecule has 2 saturated carbocycles. The third-order valence-electron chi connectivity index (χ3n) is 5.37. The average Bonchev–Trinajstić information content (AvgIpc) is 2.75. The van der Waals surface area contributed by atoms with Gasteiger partial charge in [0.1, 0.15) is 11.9 Å². The van der Waals surface area contributed by atoms with Crippen LogP contribution in [0.25, 0.3) is 0 Å². The number of aliphatic hydroxyl groups excluding tert-OH is 1. The van der Waals surface area contributed by atoms with Crippen LogP contribution < -0.4 is 0 Å². The molecule has 1 heterocycles. The maximum absolute atomic E-state index is 12.0. The van der Waals surface area contributed by atoms with Gasteiger partial charge in [0.25, 0.3) is 0 Å². The summed E-state index contributed by atoms with van der Waals surface area (Å²) in [5.74, 6) is -0.574. The monoisotopic (exact) mass is 264 g/mol. The Kier molecular flexibility index (Phi) is 2.82. The SMILES string of the molecule is C=C1CC(O)C2C(C)C(=O)OC2C2C(C)C(=O)CC12. The summed E-state index contributed by atoms with van der Waals surface area (Å²) in [4.78, 5) is 23.8. The highest BCUT2D eigenvalue weighted by atomic mass is 16.6. The van der Waals surface area contributed by atoms with Crippen LogP contribution in [-0.4, -0.2) is 29.1 Å². The Morgan fingerprint density at radius 3 is 2.53 bits per heavy atom. The van der Waals surface area contributed by atoms with Crippen molar-refractivity contribution in [2.45, 2.75) is 38.9 Å². The third-order valence-corrected chi connectivity index (χ3v) is 5.37. The molecule has 0 radical (unpaired) electrons. The first-order valence-electron chi connectivity index (χ1n) is 7.00. The minimum Gasteiger partial charge on any atom is -0.461 e. The van der Waals surface area contributed by atoms with Crippen molar-refractivity contribution >= 4 is 11.8 Å². The van der Waals surface area contributed by atoms with Crippen molar-refractivity contribution in [3.05, 3.63) is 12.2 Å². The summed E-state index contributed by atoms with van der Waals surface area (Å²) >= 11 is 0. The van der Waals surface area contributed by atoms with E-state index in [9.17, 15) is 14.7 Å². The molecule has 7 atom stereocenters. The number of fused-ring (bicyclic) bond motifs is 3. The van der Waals surface area contributed by atoms with Crippen LogP contribution in [0.15, 0.2) is 12.2 Å². The van der Waals surface area contributed by atoms with Crippen LogP contribution >= 0.6 is 0 Å². The molecule has 3 aliphatic rings. The van der Waals surface area contributed by atoms with Gasteiger partial charge in [0.2, 0.25) is 0 Å². The molecular formula is C15H20O4. The highest BCUT2D eigenvalue weighted by Gasteiger charge is 2.57. The number of rotatable bonds is 0. The molecule has 3 rings (SSSR count). The zero-order valence-electron chi connectivity index (χ0n) is 11.3. The standard InChI is InChI=1S/C15H20O4/c1-6-4-11(17)13-8(3)15(18)19-14(13)12-7(2)10(16)5-9(6)12/h7-9,11-14,17H,1,4-5H2,2-3H3. The van der Waals surface area contributed by atoms with E-state index in [-0.39, 0.29) is 47.4 Å². The lowest BCUT2D eigenvalue weighted by Crippen LogP contribution is -2.37. The Labute approximate surface area is 112 Å². The highest BCUT2D eigenvalue weighted by Crippen LogP contribution is 2.51. The minimum atomic E-state index is -0.591. The molecule has 104 valence electrons. The first-order valence-corrected chi connectivity index (χ1v) is 7.00. The summed E-state index contributed by atoms with van der Waals surface area (Å²) < 4.78 is 5.52. The number of hydrogen-bond donors (Lipinski definition) is 1. The van der Waals surface area contributed by atoms with Crippen LogP contribution in [0.2, 0.25) is 0 Å². The number of carbonyl (C=O) groups is 2. The summed E-state index contributed by atoms with van der Waals surface area (Å²) in [7, 11) is 0. The molecule has 0 bridgehead atoms. The van der Waals surface area contributed by atoms with Gasteiger partial charge in [-0.3, -0.25) is 9.59 Å². The van der Waals surface area contributed by atoms with Gasteiger partial charge in [-0.1, -0.05) is 26.0 Å². The largest absolute Gasteiger partial charge is 0.461 e. The smallest absolute Gasteiger partial charge is 0.309 e. The fourth-order valence-corrected chi connectivity index (χ4v) is 4.24. The second-order valence-electron chi connectivity index (χ2n) is 6.34. The van der Waals surface area contributed by atoms with Gasteiger partial charge in [-0.05, 0) is 12.3 Å². The zero-order chi connectivity index (χ0) is 13.9. The Morgan fingerprint density at radius 2 is 1.84 bits per heavy atom. The van der Waals surface area contributed by atoms with Crippen molar-refractivity contribution in [2.24, 2.45) is 29.6 Å². The minimum absolute atomic E-state index is 0.00366. The van der Waals surface area contributed by atoms with Crippen molar-refractivity contribution in [3.8, 4) is 0 Å². The maximum Gasteiger partial charge on any atom is 0.309 e. The molecule has 2 aliphatic carbocycles. The van der Waals surface area contributed by atoms with Gasteiger partial charge in [0.05, 0.1) is 12.0 Å². The molecule has 0 aromatic heterocycles. The predicted molar refractivity (Wildman–Crippen MR) is 68.1 cm³/mol. The first kappa shape index (κ1) is 12.9. The molecule has 0 amide bonds. The lowest BCUT2D eigenvalue weighted by Gasteiger charge is -2.29. The lowest BCUT2D eigenvalue weighted by atomic mass is 9.77. The molecule has 19 heavy (non-hydrogen) atoms. The number of ether oxygens (including phenoxy) is 1. The van der Waals surface area contributed by atoms with E-state index < -0.39 is 6.10 Å². The number of carbonyl (C=O) groups excluding carboxylic acids is 2. The third kappa shape index (κ3) is 1.69. The second-order valence-corrected chi connectivity index (χ2v) is 6.34. The lowest BCUT2D eigenvalue weighted by molar-refractivity contribution is -0.147. The van der Waals surface area contributed by atoms with Crippen LogP contribution in [0.1, 0.15) is 26.7 Å². The highest BCUT2D eigenvalue weighted by molar-refractivity contribution is 5.84. The Hall–Kier alpha value is -1.16. The van der Waals surface area contributed by atoms with Crippen molar-refractivity contribution in [1.29, 1.82) is 0 Å². The Morgan fingerprint density at radius 1 is 1.16 bits per heavy atom. The molecule has 0 aromatic rings. The van der Waals surface area contributed by atoms with Gasteiger partial charge in [-0.15, -0.1) is 0 Å². The van der Waals surface area contributed by atoms with Gasteiger partial charge in [0, 0.05) is 24.2 Å². The van der Waals surface area contributed by atoms with Gasteiger partial charge in [-0.2, -0.15) is 0 Å². The molecule has 3 fully saturated rings. The molecular weight excluding hydrogens is 244 g/mol. The fraction of sp³-hybridized carbons (Fsp3) is 0.733. The van der Waals surface area contributed by atoms with E-state index in [2.05, 4.69) is 6.58 Å². The summed E-state index contributed by atoms with van der Waals surface area (Å²) in [5.41, 5.74) is 0.938. The van der Waals surface area contributed by atoms with Gasteiger partial charge >= 0.3 is 5.97 Å². The summed E-state index contributed by atoms with van der Waals surface area (Å²) in [6.07, 6.45) is 0.0330. The second kappa shape index (κ2) is 4.17. The van der Waals surface area contributed by atoms with E-state index in [1.165, 1.54) is 0 Å². The van der Waals surface area contributed by atoms with Gasteiger partial charge in [-0.25, -0.2) is 0 Å². The maximum atomic E-state index is 12.0. The predicted octanol–water partition coefficient (Wildman–Crippen LogP) is 1.33. The fourth-order valence-electron chi connectivity index (χ4n) is 4.24. The van der Waals surface area contributed by atoms with E-state index in [0.29, 0.717) is 12.8 Å². The number of aliphatic hydroxyl groups is 1. The zero-order valence-corrected chi connectivity index (χ0v) is 11.3. The molecule has 1 aliphatic heterocycles. The summed E-state index contributed by atoms with van der Waals surface area (Å²) in [6.45, 7) is 7.77. The number of Topliss-reactive ketones (excluding diaryl/α,β-unsaturated/α-hetero) is 1. The molecule has 4 heteroatoms. The number of esters is 1. The quantitative estimate of drug-likeness (QED) is 0.529. The Bertz CT molecular complexity index is 455. The summed E-state index contributed by atoms with van der Waals surface area (Å²) in [6, 6.07) is 0. The Balaban J connectivity index is 2.03. The summed E-state index contributed by atoms with van der Waals surface area (Å²) in [5, 5.41) is 10.3. The topological polar surface area (TPSA) is 63.6 Å². The molecule has 1 N–H and O–H groups in total. The van der Waals surface area contributed by atoms with E-state index in [1.54, 1.807) is 6.92 Å². The van der Waals surface area contributed by atoms with Crippen LogP contribution in [0.4, 0.5) is 0 Å². The molecule has 1 saturated heterocycles. The first-order chi connectivity index (χ1) is 8.91. The average molecular weight is 264 g/mol. The normalized spacial score (nSPS) is 49.6. The van der Waals surface area contributed by atoms with E-state index >= 15 is 0 Å². The van der Waals surface area contributed by atoms with Crippen LogP contribution in [0.5, 0.6) is 0 Å². The van der Waals surface area contributed by atoms with Crippen molar-refractivity contribution in [1.82, 2.24) is 0 Å². The molecule has 4 nitrogen and oxygen atoms in total. The van der Waals surface area contributed by atoms with Crippen LogP contribution in [0, 0.1) is 29.6 Å². The van der Waals surface area contributed by atoms with Gasteiger partial charge in [0.15, 0.2) is 0 Å². The molecule has 0 aromatic carbocycles. The van der Waals surface area contributed by atoms with Crippen LogP contribution in [0.3, 0.4) is 0 Å².